The van der Waals surface area contributed by atoms with Crippen LogP contribution in [0, 0.1) is 0 Å². The van der Waals surface area contributed by atoms with Crippen LogP contribution in [0.2, 0.25) is 0 Å². The molecule has 0 fully saturated rings. The van der Waals surface area contributed by atoms with Gasteiger partial charge in [0.1, 0.15) is 0 Å². The summed E-state index contributed by atoms with van der Waals surface area (Å²) in [6, 6.07) is 6.25. The molecule has 1 aromatic carbocycles. The number of amides is 1. The Bertz CT molecular complexity index is 565. The highest BCUT2D eigenvalue weighted by Crippen LogP contribution is 2.16. The van der Waals surface area contributed by atoms with Gasteiger partial charge in [0.25, 0.3) is 5.91 Å². The first-order valence-corrected chi connectivity index (χ1v) is 8.69. The van der Waals surface area contributed by atoms with Gasteiger partial charge in [0, 0.05) is 18.2 Å². The summed E-state index contributed by atoms with van der Waals surface area (Å²) in [4.78, 5) is 12.2. The lowest BCUT2D eigenvalue weighted by Crippen LogP contribution is -2.38. The van der Waals surface area contributed by atoms with Crippen LogP contribution in [0.5, 0.6) is 0 Å². The molecular formula is C15H24N2O3S. The molecule has 0 saturated heterocycles. The van der Waals surface area contributed by atoms with Crippen molar-refractivity contribution in [2.75, 3.05) is 13.1 Å². The molecule has 21 heavy (non-hydrogen) atoms. The molecule has 5 nitrogen and oxygen atoms in total. The van der Waals surface area contributed by atoms with E-state index in [-0.39, 0.29) is 16.8 Å². The standard InChI is InChI=1S/C15H24N2O3S/c1-5-16-12(4)10-17-15(18)13-6-8-14(9-7-13)21(19,20)11(2)3/h6-9,11-12,16H,5,10H2,1-4H3,(H,17,18)/t12-/m1/s1. The van der Waals surface area contributed by atoms with Crippen molar-refractivity contribution in [3.8, 4) is 0 Å². The summed E-state index contributed by atoms with van der Waals surface area (Å²) in [6.07, 6.45) is 0. The van der Waals surface area contributed by atoms with E-state index in [0.717, 1.165) is 6.54 Å². The second-order valence-electron chi connectivity index (χ2n) is 5.29. The Kier molecular flexibility index (Phi) is 6.36. The number of carbonyl (C=O) groups is 1. The van der Waals surface area contributed by atoms with Gasteiger partial charge in [-0.3, -0.25) is 4.79 Å². The van der Waals surface area contributed by atoms with Crippen LogP contribution in [0.1, 0.15) is 38.1 Å². The highest BCUT2D eigenvalue weighted by atomic mass is 32.2. The van der Waals surface area contributed by atoms with Crippen LogP contribution < -0.4 is 10.6 Å². The monoisotopic (exact) mass is 312 g/mol. The molecule has 1 atom stereocenters. The minimum absolute atomic E-state index is 0.194. The quantitative estimate of drug-likeness (QED) is 0.802. The molecule has 0 heterocycles. The Balaban J connectivity index is 2.72. The second-order valence-corrected chi connectivity index (χ2v) is 7.79. The smallest absolute Gasteiger partial charge is 0.251 e. The van der Waals surface area contributed by atoms with E-state index in [1.807, 2.05) is 13.8 Å². The first kappa shape index (κ1) is 17.7. The molecular weight excluding hydrogens is 288 g/mol. The summed E-state index contributed by atoms with van der Waals surface area (Å²) in [6.45, 7) is 8.64. The predicted octanol–water partition coefficient (Wildman–Crippen LogP) is 1.60. The Morgan fingerprint density at radius 1 is 1.14 bits per heavy atom. The maximum Gasteiger partial charge on any atom is 0.251 e. The summed E-state index contributed by atoms with van der Waals surface area (Å²) in [5.74, 6) is -0.201. The van der Waals surface area contributed by atoms with Crippen LogP contribution in [-0.4, -0.2) is 38.7 Å². The molecule has 0 bridgehead atoms. The van der Waals surface area contributed by atoms with Crippen LogP contribution in [0.25, 0.3) is 0 Å². The van der Waals surface area contributed by atoms with Crippen molar-refractivity contribution in [1.29, 1.82) is 0 Å². The zero-order chi connectivity index (χ0) is 16.0. The molecule has 0 radical (unpaired) electrons. The molecule has 0 unspecified atom stereocenters. The average Bonchev–Trinajstić information content (AvgIpc) is 2.45. The van der Waals surface area contributed by atoms with Gasteiger partial charge in [0.15, 0.2) is 9.84 Å². The number of rotatable bonds is 7. The minimum Gasteiger partial charge on any atom is -0.350 e. The molecule has 0 saturated carbocycles. The molecule has 0 aromatic heterocycles. The van der Waals surface area contributed by atoms with E-state index in [1.165, 1.54) is 12.1 Å². The highest BCUT2D eigenvalue weighted by Gasteiger charge is 2.19. The molecule has 6 heteroatoms. The third-order valence-corrected chi connectivity index (χ3v) is 5.36. The SMILES string of the molecule is CCN[C@H](C)CNC(=O)c1ccc(S(=O)(=O)C(C)C)cc1. The summed E-state index contributed by atoms with van der Waals surface area (Å²) >= 11 is 0. The van der Waals surface area contributed by atoms with Gasteiger partial charge in [0.2, 0.25) is 0 Å². The zero-order valence-electron chi connectivity index (χ0n) is 13.0. The van der Waals surface area contributed by atoms with Gasteiger partial charge in [-0.15, -0.1) is 0 Å². The zero-order valence-corrected chi connectivity index (χ0v) is 13.8. The van der Waals surface area contributed by atoms with Gasteiger partial charge in [-0.05, 0) is 51.6 Å². The van der Waals surface area contributed by atoms with Crippen LogP contribution >= 0.6 is 0 Å². The van der Waals surface area contributed by atoms with Gasteiger partial charge in [-0.2, -0.15) is 0 Å². The van der Waals surface area contributed by atoms with Crippen LogP contribution in [0.15, 0.2) is 29.2 Å². The number of hydrogen-bond donors (Lipinski definition) is 2. The second kappa shape index (κ2) is 7.56. The highest BCUT2D eigenvalue weighted by molar-refractivity contribution is 7.92. The molecule has 0 aliphatic rings. The summed E-state index contributed by atoms with van der Waals surface area (Å²) < 4.78 is 24.0. The van der Waals surface area contributed by atoms with Crippen LogP contribution in [0.4, 0.5) is 0 Å². The first-order valence-electron chi connectivity index (χ1n) is 7.14. The molecule has 118 valence electrons. The molecule has 1 amide bonds. The third kappa shape index (κ3) is 4.82. The van der Waals surface area contributed by atoms with Gasteiger partial charge in [-0.25, -0.2) is 8.42 Å². The molecule has 0 aliphatic carbocycles. The van der Waals surface area contributed by atoms with Gasteiger partial charge < -0.3 is 10.6 Å². The Hall–Kier alpha value is -1.40. The minimum atomic E-state index is -3.29. The van der Waals surface area contributed by atoms with E-state index in [4.69, 9.17) is 0 Å². The molecule has 0 aliphatic heterocycles. The number of hydrogen-bond acceptors (Lipinski definition) is 4. The summed E-state index contributed by atoms with van der Waals surface area (Å²) in [5, 5.41) is 5.54. The Labute approximate surface area is 127 Å². The van der Waals surface area contributed by atoms with E-state index in [1.54, 1.807) is 26.0 Å². The van der Waals surface area contributed by atoms with Crippen molar-refractivity contribution < 1.29 is 13.2 Å². The maximum absolute atomic E-state index is 12.0. The number of sulfone groups is 1. The van der Waals surface area contributed by atoms with E-state index in [0.29, 0.717) is 12.1 Å². The average molecular weight is 312 g/mol. The molecule has 0 spiro atoms. The van der Waals surface area contributed by atoms with Crippen molar-refractivity contribution in [3.63, 3.8) is 0 Å². The third-order valence-electron chi connectivity index (χ3n) is 3.19. The number of benzene rings is 1. The van der Waals surface area contributed by atoms with Crippen molar-refractivity contribution >= 4 is 15.7 Å². The first-order chi connectivity index (χ1) is 9.78. The number of carbonyl (C=O) groups excluding carboxylic acids is 1. The fourth-order valence-electron chi connectivity index (χ4n) is 1.84. The normalized spacial score (nSPS) is 13.2. The topological polar surface area (TPSA) is 75.3 Å². The summed E-state index contributed by atoms with van der Waals surface area (Å²) in [5.41, 5.74) is 0.460. The van der Waals surface area contributed by atoms with Gasteiger partial charge in [-0.1, -0.05) is 6.92 Å². The fourth-order valence-corrected chi connectivity index (χ4v) is 2.90. The lowest BCUT2D eigenvalue weighted by Gasteiger charge is -2.13. The van der Waals surface area contributed by atoms with Crippen molar-refractivity contribution in [2.24, 2.45) is 0 Å². The number of nitrogens with one attached hydrogen (secondary N) is 2. The van der Waals surface area contributed by atoms with Crippen molar-refractivity contribution in [1.82, 2.24) is 10.6 Å². The fraction of sp³-hybridized carbons (Fsp3) is 0.533. The molecule has 1 rings (SSSR count). The lowest BCUT2D eigenvalue weighted by atomic mass is 10.2. The Morgan fingerprint density at radius 2 is 1.71 bits per heavy atom. The van der Waals surface area contributed by atoms with E-state index in [2.05, 4.69) is 10.6 Å². The van der Waals surface area contributed by atoms with Crippen LogP contribution in [-0.2, 0) is 9.84 Å². The largest absolute Gasteiger partial charge is 0.350 e. The lowest BCUT2D eigenvalue weighted by molar-refractivity contribution is 0.0950. The van der Waals surface area contributed by atoms with Gasteiger partial charge >= 0.3 is 0 Å². The predicted molar refractivity (Wildman–Crippen MR) is 84.2 cm³/mol. The molecule has 1 aromatic rings. The maximum atomic E-state index is 12.0. The summed E-state index contributed by atoms with van der Waals surface area (Å²) in [7, 11) is -3.29. The number of likely N-dealkylation sites (N-methyl/N-ethyl adjacent to an activating group) is 1. The van der Waals surface area contributed by atoms with E-state index in [9.17, 15) is 13.2 Å². The van der Waals surface area contributed by atoms with Crippen LogP contribution in [0.3, 0.4) is 0 Å². The molecule has 2 N–H and O–H groups in total. The van der Waals surface area contributed by atoms with Crippen molar-refractivity contribution in [2.45, 2.75) is 43.9 Å². The van der Waals surface area contributed by atoms with Gasteiger partial charge in [0.05, 0.1) is 10.1 Å². The Morgan fingerprint density at radius 3 is 2.19 bits per heavy atom. The van der Waals surface area contributed by atoms with E-state index < -0.39 is 15.1 Å². The van der Waals surface area contributed by atoms with Crippen molar-refractivity contribution in [3.05, 3.63) is 29.8 Å². The van der Waals surface area contributed by atoms with E-state index >= 15 is 0 Å².